The molecule has 2 aliphatic rings. The number of amides is 1. The zero-order valence-electron chi connectivity index (χ0n) is 15.7. The third-order valence-electron chi connectivity index (χ3n) is 5.82. The van der Waals surface area contributed by atoms with Crippen molar-refractivity contribution in [1.82, 2.24) is 19.7 Å². The molecule has 5 nitrogen and oxygen atoms in total. The monoisotopic (exact) mass is 386 g/mol. The van der Waals surface area contributed by atoms with Crippen molar-refractivity contribution in [2.45, 2.75) is 63.8 Å². The Labute approximate surface area is 165 Å². The van der Waals surface area contributed by atoms with Crippen LogP contribution in [0.5, 0.6) is 0 Å². The van der Waals surface area contributed by atoms with Crippen LogP contribution in [0.4, 0.5) is 0 Å². The van der Waals surface area contributed by atoms with Crippen LogP contribution in [0.2, 0.25) is 5.02 Å². The maximum Gasteiger partial charge on any atom is 0.222 e. The van der Waals surface area contributed by atoms with Crippen molar-refractivity contribution in [3.63, 3.8) is 0 Å². The maximum atomic E-state index is 12.8. The number of piperidine rings is 1. The molecule has 0 bridgehead atoms. The number of hydrogen-bond donors (Lipinski definition) is 0. The van der Waals surface area contributed by atoms with Gasteiger partial charge >= 0.3 is 0 Å². The van der Waals surface area contributed by atoms with E-state index in [1.807, 2.05) is 29.2 Å². The molecule has 1 aromatic heterocycles. The SMILES string of the molecule is O=C(CCc1ccc(Cl)cc1)N1CCCC(c2nnc3n2CCCCC3)C1. The number of fused-ring (bicyclic) bond motifs is 1. The van der Waals surface area contributed by atoms with E-state index in [4.69, 9.17) is 11.6 Å². The van der Waals surface area contributed by atoms with Gasteiger partial charge in [0.15, 0.2) is 0 Å². The number of rotatable bonds is 4. The molecule has 0 aliphatic carbocycles. The highest BCUT2D eigenvalue weighted by atomic mass is 35.5. The van der Waals surface area contributed by atoms with E-state index in [-0.39, 0.29) is 5.91 Å². The van der Waals surface area contributed by atoms with Gasteiger partial charge in [-0.3, -0.25) is 4.79 Å². The van der Waals surface area contributed by atoms with Gasteiger partial charge in [0.2, 0.25) is 5.91 Å². The lowest BCUT2D eigenvalue weighted by Crippen LogP contribution is -2.40. The summed E-state index contributed by atoms with van der Waals surface area (Å²) in [4.78, 5) is 14.8. The first-order valence-corrected chi connectivity index (χ1v) is 10.5. The number of hydrogen-bond acceptors (Lipinski definition) is 3. The van der Waals surface area contributed by atoms with Crippen LogP contribution in [0, 0.1) is 0 Å². The lowest BCUT2D eigenvalue weighted by Gasteiger charge is -2.32. The summed E-state index contributed by atoms with van der Waals surface area (Å²) in [7, 11) is 0. The molecule has 2 aromatic rings. The van der Waals surface area contributed by atoms with Crippen molar-refractivity contribution in [3.05, 3.63) is 46.5 Å². The fourth-order valence-corrected chi connectivity index (χ4v) is 4.41. The molecule has 0 radical (unpaired) electrons. The Balaban J connectivity index is 1.38. The first kappa shape index (κ1) is 18.5. The Morgan fingerprint density at radius 3 is 2.78 bits per heavy atom. The zero-order chi connectivity index (χ0) is 18.6. The standard InChI is InChI=1S/C21H27ClN4O/c22-18-10-7-16(8-11-18)9-12-20(27)25-13-4-5-17(15-25)21-24-23-19-6-2-1-3-14-26(19)21/h7-8,10-11,17H,1-6,9,12-15H2. The third kappa shape index (κ3) is 4.34. The second kappa shape index (κ2) is 8.42. The normalized spacial score (nSPS) is 20.2. The third-order valence-corrected chi connectivity index (χ3v) is 6.07. The van der Waals surface area contributed by atoms with Crippen LogP contribution in [0.1, 0.15) is 61.7 Å². The van der Waals surface area contributed by atoms with Gasteiger partial charge in [0, 0.05) is 43.4 Å². The number of halogens is 1. The van der Waals surface area contributed by atoms with E-state index < -0.39 is 0 Å². The molecule has 1 aromatic carbocycles. The van der Waals surface area contributed by atoms with E-state index in [9.17, 15) is 4.79 Å². The van der Waals surface area contributed by atoms with Gasteiger partial charge in [-0.15, -0.1) is 10.2 Å². The molecule has 144 valence electrons. The van der Waals surface area contributed by atoms with E-state index in [1.165, 1.54) is 19.3 Å². The molecule has 1 saturated heterocycles. The van der Waals surface area contributed by atoms with Crippen LogP contribution < -0.4 is 0 Å². The van der Waals surface area contributed by atoms with E-state index in [2.05, 4.69) is 14.8 Å². The Kier molecular flexibility index (Phi) is 5.77. The first-order valence-electron chi connectivity index (χ1n) is 10.1. The first-order chi connectivity index (χ1) is 13.2. The van der Waals surface area contributed by atoms with E-state index in [0.717, 1.165) is 67.6 Å². The smallest absolute Gasteiger partial charge is 0.222 e. The summed E-state index contributed by atoms with van der Waals surface area (Å²) in [6.45, 7) is 2.66. The average molecular weight is 387 g/mol. The van der Waals surface area contributed by atoms with Crippen molar-refractivity contribution in [2.75, 3.05) is 13.1 Å². The predicted octanol–water partition coefficient (Wildman–Crippen LogP) is 4.00. The molecule has 0 N–H and O–H groups in total. The van der Waals surface area contributed by atoms with Gasteiger partial charge in [-0.1, -0.05) is 30.2 Å². The number of aromatic nitrogens is 3. The fraction of sp³-hybridized carbons (Fsp3) is 0.571. The van der Waals surface area contributed by atoms with Crippen LogP contribution in [0.15, 0.2) is 24.3 Å². The molecule has 0 saturated carbocycles. The number of nitrogens with zero attached hydrogens (tertiary/aromatic N) is 4. The van der Waals surface area contributed by atoms with Crippen molar-refractivity contribution in [1.29, 1.82) is 0 Å². The van der Waals surface area contributed by atoms with Crippen LogP contribution in [-0.2, 0) is 24.2 Å². The molecule has 3 heterocycles. The number of benzene rings is 1. The van der Waals surface area contributed by atoms with Crippen LogP contribution in [-0.4, -0.2) is 38.7 Å². The highest BCUT2D eigenvalue weighted by molar-refractivity contribution is 6.30. The summed E-state index contributed by atoms with van der Waals surface area (Å²) in [5.74, 6) is 2.79. The summed E-state index contributed by atoms with van der Waals surface area (Å²) in [5.41, 5.74) is 1.16. The van der Waals surface area contributed by atoms with Crippen molar-refractivity contribution < 1.29 is 4.79 Å². The van der Waals surface area contributed by atoms with Gasteiger partial charge in [-0.05, 0) is 49.8 Å². The van der Waals surface area contributed by atoms with Crippen LogP contribution in [0.25, 0.3) is 0 Å². The van der Waals surface area contributed by atoms with Crippen molar-refractivity contribution >= 4 is 17.5 Å². The molecule has 1 fully saturated rings. The maximum absolute atomic E-state index is 12.8. The molecular formula is C21H27ClN4O. The molecule has 27 heavy (non-hydrogen) atoms. The highest BCUT2D eigenvalue weighted by Crippen LogP contribution is 2.28. The minimum absolute atomic E-state index is 0.241. The summed E-state index contributed by atoms with van der Waals surface area (Å²) >= 11 is 5.93. The minimum Gasteiger partial charge on any atom is -0.342 e. The second-order valence-corrected chi connectivity index (χ2v) is 8.18. The number of likely N-dealkylation sites (tertiary alicyclic amines) is 1. The van der Waals surface area contributed by atoms with E-state index in [0.29, 0.717) is 12.3 Å². The van der Waals surface area contributed by atoms with Gasteiger partial charge in [0.25, 0.3) is 0 Å². The molecule has 1 atom stereocenters. The molecule has 1 amide bonds. The Morgan fingerprint density at radius 2 is 1.93 bits per heavy atom. The number of carbonyl (C=O) groups excluding carboxylic acids is 1. The Hall–Kier alpha value is -1.88. The highest BCUT2D eigenvalue weighted by Gasteiger charge is 2.29. The van der Waals surface area contributed by atoms with Gasteiger partial charge in [-0.2, -0.15) is 0 Å². The predicted molar refractivity (Wildman–Crippen MR) is 106 cm³/mol. The summed E-state index contributed by atoms with van der Waals surface area (Å²) < 4.78 is 2.33. The van der Waals surface area contributed by atoms with Gasteiger partial charge < -0.3 is 9.47 Å². The molecule has 0 spiro atoms. The zero-order valence-corrected chi connectivity index (χ0v) is 16.5. The van der Waals surface area contributed by atoms with Gasteiger partial charge in [-0.25, -0.2) is 0 Å². The molecule has 1 unspecified atom stereocenters. The van der Waals surface area contributed by atoms with Crippen LogP contribution >= 0.6 is 11.6 Å². The topological polar surface area (TPSA) is 51.0 Å². The molecule has 6 heteroatoms. The van der Waals surface area contributed by atoms with Gasteiger partial charge in [0.05, 0.1) is 0 Å². The largest absolute Gasteiger partial charge is 0.342 e. The lowest BCUT2D eigenvalue weighted by molar-refractivity contribution is -0.132. The number of aryl methyl sites for hydroxylation is 2. The molecule has 2 aliphatic heterocycles. The quantitative estimate of drug-likeness (QED) is 0.798. The summed E-state index contributed by atoms with van der Waals surface area (Å²) in [6, 6.07) is 7.77. The molecule has 4 rings (SSSR count). The second-order valence-electron chi connectivity index (χ2n) is 7.74. The number of carbonyl (C=O) groups is 1. The minimum atomic E-state index is 0.241. The lowest BCUT2D eigenvalue weighted by atomic mass is 9.96. The molecular weight excluding hydrogens is 360 g/mol. The Bertz CT molecular complexity index is 786. The summed E-state index contributed by atoms with van der Waals surface area (Å²) in [6.07, 6.45) is 8.15. The van der Waals surface area contributed by atoms with Crippen molar-refractivity contribution in [3.8, 4) is 0 Å². The van der Waals surface area contributed by atoms with Crippen LogP contribution in [0.3, 0.4) is 0 Å². The fourth-order valence-electron chi connectivity index (χ4n) is 4.28. The van der Waals surface area contributed by atoms with Crippen molar-refractivity contribution in [2.24, 2.45) is 0 Å². The van der Waals surface area contributed by atoms with E-state index in [1.54, 1.807) is 0 Å². The van der Waals surface area contributed by atoms with Gasteiger partial charge in [0.1, 0.15) is 11.6 Å². The average Bonchev–Trinajstić information content (AvgIpc) is 2.96. The summed E-state index contributed by atoms with van der Waals surface area (Å²) in [5, 5.41) is 9.70. The van der Waals surface area contributed by atoms with E-state index >= 15 is 0 Å². The Morgan fingerprint density at radius 1 is 1.07 bits per heavy atom.